The Hall–Kier alpha value is -0.540. The first-order valence-electron chi connectivity index (χ1n) is 3.61. The number of Topliss-reactive ketones (excluding diaryl/α,β-unsaturated/α-hetero) is 1. The highest BCUT2D eigenvalue weighted by Gasteiger charge is 2.08. The van der Waals surface area contributed by atoms with Crippen molar-refractivity contribution in [3.63, 3.8) is 0 Å². The fourth-order valence-corrected chi connectivity index (χ4v) is 1.64. The summed E-state index contributed by atoms with van der Waals surface area (Å²) in [7, 11) is 1.57. The summed E-state index contributed by atoms with van der Waals surface area (Å²) in [5.41, 5.74) is 0.579. The minimum atomic E-state index is -0.101. The third-order valence-corrected chi connectivity index (χ3v) is 2.50. The van der Waals surface area contributed by atoms with Gasteiger partial charge >= 0.3 is 0 Å². The van der Waals surface area contributed by atoms with Crippen LogP contribution in [0.3, 0.4) is 0 Å². The van der Waals surface area contributed by atoms with Crippen molar-refractivity contribution in [3.05, 3.63) is 28.2 Å². The first-order chi connectivity index (χ1) is 6.19. The van der Waals surface area contributed by atoms with E-state index in [2.05, 4.69) is 15.9 Å². The first kappa shape index (κ1) is 10.5. The fraction of sp³-hybridized carbons (Fsp3) is 0.222. The number of methoxy groups -OCH3 is 1. The number of hydrogen-bond acceptors (Lipinski definition) is 2. The van der Waals surface area contributed by atoms with E-state index in [1.807, 2.05) is 0 Å². The van der Waals surface area contributed by atoms with Crippen LogP contribution in [-0.2, 0) is 0 Å². The van der Waals surface area contributed by atoms with Gasteiger partial charge in [-0.1, -0.05) is 0 Å². The van der Waals surface area contributed by atoms with Crippen LogP contribution in [0, 0.1) is 0 Å². The molecule has 1 aromatic carbocycles. The first-order valence-corrected chi connectivity index (χ1v) is 4.94. The topological polar surface area (TPSA) is 26.3 Å². The Balaban J connectivity index is 3.05. The van der Waals surface area contributed by atoms with Crippen molar-refractivity contribution >= 4 is 33.3 Å². The zero-order valence-electron chi connectivity index (χ0n) is 7.01. The van der Waals surface area contributed by atoms with Crippen molar-refractivity contribution in [2.45, 2.75) is 0 Å². The van der Waals surface area contributed by atoms with Gasteiger partial charge in [0.05, 0.1) is 13.0 Å². The minimum absolute atomic E-state index is 0.00900. The average Bonchev–Trinajstić information content (AvgIpc) is 2.16. The summed E-state index contributed by atoms with van der Waals surface area (Å²) in [5, 5.41) is 0. The second-order valence-corrected chi connectivity index (χ2v) is 3.52. The van der Waals surface area contributed by atoms with Crippen LogP contribution in [0.2, 0.25) is 0 Å². The quantitative estimate of drug-likeness (QED) is 0.619. The van der Waals surface area contributed by atoms with E-state index in [-0.39, 0.29) is 11.7 Å². The van der Waals surface area contributed by atoms with Gasteiger partial charge in [0.25, 0.3) is 0 Å². The second-order valence-electron chi connectivity index (χ2n) is 2.40. The number of ether oxygens (including phenoxy) is 1. The molecule has 0 fully saturated rings. The molecule has 1 rings (SSSR count). The lowest BCUT2D eigenvalue weighted by molar-refractivity contribution is 0.102. The molecule has 0 unspecified atom stereocenters. The molecule has 13 heavy (non-hydrogen) atoms. The van der Waals surface area contributed by atoms with Crippen molar-refractivity contribution in [1.82, 2.24) is 0 Å². The summed E-state index contributed by atoms with van der Waals surface area (Å²) in [4.78, 5) is 11.2. The van der Waals surface area contributed by atoms with Crippen LogP contribution >= 0.6 is 27.5 Å². The van der Waals surface area contributed by atoms with E-state index in [0.29, 0.717) is 15.8 Å². The highest BCUT2D eigenvalue weighted by molar-refractivity contribution is 9.10. The number of carbonyl (C=O) groups is 1. The molecule has 0 saturated carbocycles. The Bertz CT molecular complexity index is 325. The summed E-state index contributed by atoms with van der Waals surface area (Å²) in [6, 6.07) is 5.15. The SMILES string of the molecule is COc1ccc(C(=O)CCl)c(Br)c1. The summed E-state index contributed by atoms with van der Waals surface area (Å²) >= 11 is 8.70. The van der Waals surface area contributed by atoms with E-state index >= 15 is 0 Å². The smallest absolute Gasteiger partial charge is 0.178 e. The van der Waals surface area contributed by atoms with Crippen molar-refractivity contribution in [2.24, 2.45) is 0 Å². The maximum Gasteiger partial charge on any atom is 0.178 e. The molecule has 0 radical (unpaired) electrons. The van der Waals surface area contributed by atoms with Crippen LogP contribution in [0.15, 0.2) is 22.7 Å². The summed E-state index contributed by atoms with van der Waals surface area (Å²) < 4.78 is 5.70. The van der Waals surface area contributed by atoms with E-state index in [9.17, 15) is 4.79 Å². The van der Waals surface area contributed by atoms with Gasteiger partial charge in [0.2, 0.25) is 0 Å². The van der Waals surface area contributed by atoms with Crippen molar-refractivity contribution in [2.75, 3.05) is 13.0 Å². The Kier molecular flexibility index (Phi) is 3.75. The highest BCUT2D eigenvalue weighted by Crippen LogP contribution is 2.23. The van der Waals surface area contributed by atoms with Gasteiger partial charge in [-0.2, -0.15) is 0 Å². The van der Waals surface area contributed by atoms with Crippen molar-refractivity contribution in [3.8, 4) is 5.75 Å². The van der Waals surface area contributed by atoms with Crippen LogP contribution in [0.4, 0.5) is 0 Å². The minimum Gasteiger partial charge on any atom is -0.497 e. The molecule has 0 atom stereocenters. The second kappa shape index (κ2) is 4.63. The lowest BCUT2D eigenvalue weighted by atomic mass is 10.1. The lowest BCUT2D eigenvalue weighted by Gasteiger charge is -2.03. The summed E-state index contributed by atoms with van der Waals surface area (Å²) in [5.74, 6) is 0.597. The number of benzene rings is 1. The number of halogens is 2. The molecular formula is C9H8BrClO2. The molecule has 2 nitrogen and oxygen atoms in total. The summed E-state index contributed by atoms with van der Waals surface area (Å²) in [6.07, 6.45) is 0. The van der Waals surface area contributed by atoms with Crippen molar-refractivity contribution in [1.29, 1.82) is 0 Å². The maximum atomic E-state index is 11.2. The van der Waals surface area contributed by atoms with Crippen LogP contribution in [0.25, 0.3) is 0 Å². The largest absolute Gasteiger partial charge is 0.497 e. The number of ketones is 1. The molecule has 0 aliphatic heterocycles. The highest BCUT2D eigenvalue weighted by atomic mass is 79.9. The average molecular weight is 264 g/mol. The van der Waals surface area contributed by atoms with Crippen LogP contribution in [0.1, 0.15) is 10.4 Å². The molecule has 70 valence electrons. The van der Waals surface area contributed by atoms with Gasteiger partial charge in [0, 0.05) is 10.0 Å². The molecule has 4 heteroatoms. The van der Waals surface area contributed by atoms with Gasteiger partial charge < -0.3 is 4.74 Å². The van der Waals surface area contributed by atoms with Crippen LogP contribution < -0.4 is 4.74 Å². The number of alkyl halides is 1. The molecule has 0 heterocycles. The number of rotatable bonds is 3. The number of hydrogen-bond donors (Lipinski definition) is 0. The zero-order chi connectivity index (χ0) is 9.84. The Labute approximate surface area is 90.0 Å². The lowest BCUT2D eigenvalue weighted by Crippen LogP contribution is -2.01. The van der Waals surface area contributed by atoms with Gasteiger partial charge in [0.15, 0.2) is 5.78 Å². The maximum absolute atomic E-state index is 11.2. The standard InChI is InChI=1S/C9H8BrClO2/c1-13-6-2-3-7(8(10)4-6)9(12)5-11/h2-4H,5H2,1H3. The molecule has 0 aliphatic rings. The van der Waals surface area contributed by atoms with E-state index in [1.165, 1.54) is 0 Å². The molecule has 0 saturated heterocycles. The van der Waals surface area contributed by atoms with Gasteiger partial charge in [-0.3, -0.25) is 4.79 Å². The Morgan fingerprint density at radius 1 is 1.62 bits per heavy atom. The molecule has 0 aliphatic carbocycles. The monoisotopic (exact) mass is 262 g/mol. The van der Waals surface area contributed by atoms with E-state index in [4.69, 9.17) is 16.3 Å². The molecule has 1 aromatic rings. The predicted octanol–water partition coefficient (Wildman–Crippen LogP) is 2.88. The predicted molar refractivity (Wildman–Crippen MR) is 55.7 cm³/mol. The Morgan fingerprint density at radius 2 is 2.31 bits per heavy atom. The number of carbonyl (C=O) groups excluding carboxylic acids is 1. The fourth-order valence-electron chi connectivity index (χ4n) is 0.921. The van der Waals surface area contributed by atoms with E-state index < -0.39 is 0 Å². The third kappa shape index (κ3) is 2.45. The molecular weight excluding hydrogens is 255 g/mol. The Morgan fingerprint density at radius 3 is 2.77 bits per heavy atom. The third-order valence-electron chi connectivity index (χ3n) is 1.60. The molecule has 0 bridgehead atoms. The molecule has 0 N–H and O–H groups in total. The van der Waals surface area contributed by atoms with Gasteiger partial charge in [-0.25, -0.2) is 0 Å². The zero-order valence-corrected chi connectivity index (χ0v) is 9.35. The molecule has 0 amide bonds. The normalized spacial score (nSPS) is 9.77. The van der Waals surface area contributed by atoms with Crippen molar-refractivity contribution < 1.29 is 9.53 Å². The van der Waals surface area contributed by atoms with E-state index in [0.717, 1.165) is 0 Å². The molecule has 0 aromatic heterocycles. The van der Waals surface area contributed by atoms with Gasteiger partial charge in [-0.15, -0.1) is 11.6 Å². The van der Waals surface area contributed by atoms with Gasteiger partial charge in [-0.05, 0) is 34.1 Å². The summed E-state index contributed by atoms with van der Waals surface area (Å²) in [6.45, 7) is 0. The van der Waals surface area contributed by atoms with Gasteiger partial charge in [0.1, 0.15) is 5.75 Å². The van der Waals surface area contributed by atoms with Crippen LogP contribution in [0.5, 0.6) is 5.75 Å². The molecule has 0 spiro atoms. The van der Waals surface area contributed by atoms with E-state index in [1.54, 1.807) is 25.3 Å². The van der Waals surface area contributed by atoms with Crippen LogP contribution in [-0.4, -0.2) is 18.8 Å².